The predicted octanol–water partition coefficient (Wildman–Crippen LogP) is 4.03. The van der Waals surface area contributed by atoms with Gasteiger partial charge < -0.3 is 5.32 Å². The SMILES string of the molecule is Cc1cccc(CNC(=O)C(Cc2ccccn2)c2ccccc2)c1. The second-order valence-corrected chi connectivity index (χ2v) is 6.20. The summed E-state index contributed by atoms with van der Waals surface area (Å²) in [4.78, 5) is 17.2. The van der Waals surface area contributed by atoms with Crippen LogP contribution >= 0.6 is 0 Å². The number of hydrogen-bond acceptors (Lipinski definition) is 2. The van der Waals surface area contributed by atoms with E-state index in [9.17, 15) is 4.79 Å². The normalized spacial score (nSPS) is 11.7. The van der Waals surface area contributed by atoms with E-state index in [1.165, 1.54) is 5.56 Å². The molecule has 3 rings (SSSR count). The number of carbonyl (C=O) groups excluding carboxylic acids is 1. The summed E-state index contributed by atoms with van der Waals surface area (Å²) in [5.74, 6) is -0.223. The van der Waals surface area contributed by atoms with Crippen molar-refractivity contribution < 1.29 is 4.79 Å². The topological polar surface area (TPSA) is 42.0 Å². The average Bonchev–Trinajstić information content (AvgIpc) is 2.66. The molecule has 25 heavy (non-hydrogen) atoms. The van der Waals surface area contributed by atoms with Crippen LogP contribution in [0.15, 0.2) is 79.0 Å². The molecule has 3 heteroatoms. The standard InChI is InChI=1S/C22H22N2O/c1-17-8-7-9-18(14-17)16-24-22(25)21(19-10-3-2-4-11-19)15-20-12-5-6-13-23-20/h2-14,21H,15-16H2,1H3,(H,24,25). The van der Waals surface area contributed by atoms with Crippen LogP contribution in [-0.4, -0.2) is 10.9 Å². The molecule has 1 heterocycles. The Morgan fingerprint density at radius 3 is 2.52 bits per heavy atom. The minimum Gasteiger partial charge on any atom is -0.351 e. The van der Waals surface area contributed by atoms with Gasteiger partial charge in [-0.1, -0.05) is 66.2 Å². The van der Waals surface area contributed by atoms with Crippen molar-refractivity contribution in [3.63, 3.8) is 0 Å². The van der Waals surface area contributed by atoms with Crippen LogP contribution in [0.25, 0.3) is 0 Å². The monoisotopic (exact) mass is 330 g/mol. The number of benzene rings is 2. The summed E-state index contributed by atoms with van der Waals surface area (Å²) in [7, 11) is 0. The summed E-state index contributed by atoms with van der Waals surface area (Å²) in [6.45, 7) is 2.59. The third kappa shape index (κ3) is 4.77. The Morgan fingerprint density at radius 1 is 1.00 bits per heavy atom. The van der Waals surface area contributed by atoms with Gasteiger partial charge in [0.05, 0.1) is 5.92 Å². The van der Waals surface area contributed by atoms with Gasteiger partial charge in [0, 0.05) is 24.9 Å². The van der Waals surface area contributed by atoms with Crippen molar-refractivity contribution in [2.75, 3.05) is 0 Å². The zero-order valence-corrected chi connectivity index (χ0v) is 14.4. The molecule has 1 atom stereocenters. The number of amides is 1. The molecule has 3 aromatic rings. The summed E-state index contributed by atoms with van der Waals surface area (Å²) in [6.07, 6.45) is 2.35. The van der Waals surface area contributed by atoms with Crippen LogP contribution < -0.4 is 5.32 Å². The van der Waals surface area contributed by atoms with Crippen LogP contribution in [-0.2, 0) is 17.8 Å². The minimum atomic E-state index is -0.249. The maximum atomic E-state index is 12.9. The van der Waals surface area contributed by atoms with Gasteiger partial charge in [-0.25, -0.2) is 0 Å². The fourth-order valence-corrected chi connectivity index (χ4v) is 2.91. The quantitative estimate of drug-likeness (QED) is 0.741. The first-order valence-corrected chi connectivity index (χ1v) is 8.50. The maximum Gasteiger partial charge on any atom is 0.228 e. The Balaban J connectivity index is 1.75. The Bertz CT molecular complexity index is 816. The van der Waals surface area contributed by atoms with Gasteiger partial charge in [0.2, 0.25) is 5.91 Å². The number of nitrogens with zero attached hydrogens (tertiary/aromatic N) is 1. The summed E-state index contributed by atoms with van der Waals surface area (Å²) in [5.41, 5.74) is 4.23. The molecule has 1 unspecified atom stereocenters. The zero-order valence-electron chi connectivity index (χ0n) is 14.4. The van der Waals surface area contributed by atoms with E-state index in [0.717, 1.165) is 16.8 Å². The van der Waals surface area contributed by atoms with E-state index in [1.807, 2.05) is 60.7 Å². The van der Waals surface area contributed by atoms with E-state index < -0.39 is 0 Å². The predicted molar refractivity (Wildman–Crippen MR) is 100 cm³/mol. The molecule has 2 aromatic carbocycles. The van der Waals surface area contributed by atoms with Crippen LogP contribution in [0.2, 0.25) is 0 Å². The van der Waals surface area contributed by atoms with Crippen molar-refractivity contribution in [3.05, 3.63) is 101 Å². The molecule has 0 aliphatic heterocycles. The zero-order chi connectivity index (χ0) is 17.5. The molecule has 0 spiro atoms. The van der Waals surface area contributed by atoms with E-state index in [1.54, 1.807) is 6.20 Å². The van der Waals surface area contributed by atoms with Gasteiger partial charge in [0.1, 0.15) is 0 Å². The molecule has 126 valence electrons. The van der Waals surface area contributed by atoms with Gasteiger partial charge in [-0.3, -0.25) is 9.78 Å². The van der Waals surface area contributed by atoms with Crippen LogP contribution in [0.5, 0.6) is 0 Å². The first kappa shape index (κ1) is 16.9. The Morgan fingerprint density at radius 2 is 1.80 bits per heavy atom. The second kappa shape index (κ2) is 8.25. The van der Waals surface area contributed by atoms with Crippen LogP contribution in [0.4, 0.5) is 0 Å². The van der Waals surface area contributed by atoms with Crippen molar-refractivity contribution in [2.45, 2.75) is 25.8 Å². The molecule has 1 amide bonds. The third-order valence-corrected chi connectivity index (χ3v) is 4.21. The van der Waals surface area contributed by atoms with E-state index in [-0.39, 0.29) is 11.8 Å². The van der Waals surface area contributed by atoms with E-state index in [0.29, 0.717) is 13.0 Å². The van der Waals surface area contributed by atoms with Gasteiger partial charge in [0.25, 0.3) is 0 Å². The molecule has 0 fully saturated rings. The molecule has 0 aliphatic rings. The molecule has 0 saturated carbocycles. The first-order valence-electron chi connectivity index (χ1n) is 8.50. The van der Waals surface area contributed by atoms with Crippen LogP contribution in [0.3, 0.4) is 0 Å². The molecule has 1 aromatic heterocycles. The number of pyridine rings is 1. The molecular formula is C22H22N2O. The van der Waals surface area contributed by atoms with Crippen molar-refractivity contribution in [1.29, 1.82) is 0 Å². The fourth-order valence-electron chi connectivity index (χ4n) is 2.91. The van der Waals surface area contributed by atoms with Gasteiger partial charge in [-0.2, -0.15) is 0 Å². The highest BCUT2D eigenvalue weighted by molar-refractivity contribution is 5.83. The number of rotatable bonds is 6. The highest BCUT2D eigenvalue weighted by atomic mass is 16.1. The third-order valence-electron chi connectivity index (χ3n) is 4.21. The van der Waals surface area contributed by atoms with Crippen LogP contribution in [0, 0.1) is 6.92 Å². The summed E-state index contributed by atoms with van der Waals surface area (Å²) in [5, 5.41) is 3.08. The lowest BCUT2D eigenvalue weighted by Gasteiger charge is -2.17. The lowest BCUT2D eigenvalue weighted by Crippen LogP contribution is -2.30. The highest BCUT2D eigenvalue weighted by Crippen LogP contribution is 2.20. The van der Waals surface area contributed by atoms with Crippen molar-refractivity contribution in [1.82, 2.24) is 10.3 Å². The van der Waals surface area contributed by atoms with E-state index in [4.69, 9.17) is 0 Å². The molecule has 1 N–H and O–H groups in total. The number of aromatic nitrogens is 1. The maximum absolute atomic E-state index is 12.9. The number of nitrogens with one attached hydrogen (secondary N) is 1. The average molecular weight is 330 g/mol. The lowest BCUT2D eigenvalue weighted by atomic mass is 9.93. The molecular weight excluding hydrogens is 308 g/mol. The van der Waals surface area contributed by atoms with E-state index in [2.05, 4.69) is 29.4 Å². The number of carbonyl (C=O) groups is 1. The van der Waals surface area contributed by atoms with Crippen molar-refractivity contribution >= 4 is 5.91 Å². The summed E-state index contributed by atoms with van der Waals surface area (Å²) >= 11 is 0. The molecule has 0 radical (unpaired) electrons. The largest absolute Gasteiger partial charge is 0.351 e. The Kier molecular flexibility index (Phi) is 5.57. The van der Waals surface area contributed by atoms with Crippen molar-refractivity contribution in [3.8, 4) is 0 Å². The molecule has 3 nitrogen and oxygen atoms in total. The fraction of sp³-hybridized carbons (Fsp3) is 0.182. The number of aryl methyl sites for hydroxylation is 1. The van der Waals surface area contributed by atoms with Gasteiger partial charge >= 0.3 is 0 Å². The Labute approximate surface area is 148 Å². The van der Waals surface area contributed by atoms with Crippen molar-refractivity contribution in [2.24, 2.45) is 0 Å². The number of hydrogen-bond donors (Lipinski definition) is 1. The summed E-state index contributed by atoms with van der Waals surface area (Å²) in [6, 6.07) is 23.9. The van der Waals surface area contributed by atoms with Gasteiger partial charge in [-0.05, 0) is 30.2 Å². The van der Waals surface area contributed by atoms with E-state index >= 15 is 0 Å². The molecule has 0 bridgehead atoms. The first-order chi connectivity index (χ1) is 12.2. The summed E-state index contributed by atoms with van der Waals surface area (Å²) < 4.78 is 0. The lowest BCUT2D eigenvalue weighted by molar-refractivity contribution is -0.122. The Hall–Kier alpha value is -2.94. The molecule has 0 saturated heterocycles. The van der Waals surface area contributed by atoms with Gasteiger partial charge in [0.15, 0.2) is 0 Å². The molecule has 0 aliphatic carbocycles. The van der Waals surface area contributed by atoms with Gasteiger partial charge in [-0.15, -0.1) is 0 Å². The highest BCUT2D eigenvalue weighted by Gasteiger charge is 2.21. The second-order valence-electron chi connectivity index (χ2n) is 6.20. The smallest absolute Gasteiger partial charge is 0.228 e. The van der Waals surface area contributed by atoms with Crippen LogP contribution in [0.1, 0.15) is 28.3 Å². The minimum absolute atomic E-state index is 0.0263.